The molecule has 2 aliphatic heterocycles. The monoisotopic (exact) mass is 708 g/mol. The summed E-state index contributed by atoms with van der Waals surface area (Å²) in [6.07, 6.45) is 5.36. The average Bonchev–Trinajstić information content (AvgIpc) is 3.94. The number of aryl methyl sites for hydroxylation is 2. The fourth-order valence-electron chi connectivity index (χ4n) is 7.31. The van der Waals surface area contributed by atoms with Gasteiger partial charge in [0.15, 0.2) is 5.65 Å². The van der Waals surface area contributed by atoms with Crippen LogP contribution in [0.15, 0.2) is 42.6 Å². The minimum atomic E-state index is -0.577. The van der Waals surface area contributed by atoms with Crippen LogP contribution < -0.4 is 32.7 Å². The van der Waals surface area contributed by atoms with Gasteiger partial charge in [-0.3, -0.25) is 28.9 Å². The highest BCUT2D eigenvalue weighted by atomic mass is 16.2. The van der Waals surface area contributed by atoms with Gasteiger partial charge in [-0.2, -0.15) is 5.10 Å². The molecule has 17 nitrogen and oxygen atoms in total. The zero-order valence-corrected chi connectivity index (χ0v) is 29.5. The third-order valence-electron chi connectivity index (χ3n) is 9.83. The number of anilines is 3. The van der Waals surface area contributed by atoms with Crippen molar-refractivity contribution in [1.82, 2.24) is 44.1 Å². The number of aromatic nitrogens is 7. The summed E-state index contributed by atoms with van der Waals surface area (Å²) < 4.78 is 5.44. The molecule has 2 saturated heterocycles. The van der Waals surface area contributed by atoms with E-state index in [1.807, 2.05) is 35.1 Å². The maximum atomic E-state index is 13.6. The van der Waals surface area contributed by atoms with Gasteiger partial charge in [0.2, 0.25) is 23.7 Å². The number of nitrogens with one attached hydrogen (secondary N) is 4. The molecule has 2 aliphatic rings. The van der Waals surface area contributed by atoms with E-state index in [1.165, 1.54) is 6.20 Å². The number of benzene rings is 1. The van der Waals surface area contributed by atoms with Crippen molar-refractivity contribution in [2.45, 2.75) is 33.5 Å². The Balaban J connectivity index is 1.20. The van der Waals surface area contributed by atoms with Crippen molar-refractivity contribution in [3.63, 3.8) is 0 Å². The first-order valence-electron chi connectivity index (χ1n) is 17.5. The van der Waals surface area contributed by atoms with Gasteiger partial charge < -0.3 is 36.9 Å². The van der Waals surface area contributed by atoms with Gasteiger partial charge in [0.25, 0.3) is 5.91 Å². The number of imidazole rings is 2. The number of pyridine rings is 1. The summed E-state index contributed by atoms with van der Waals surface area (Å²) in [5.74, 6) is 0.742. The topological polar surface area (TPSA) is 221 Å². The van der Waals surface area contributed by atoms with Crippen LogP contribution >= 0.6 is 0 Å². The Morgan fingerprint density at radius 2 is 1.63 bits per heavy atom. The molecule has 8 N–H and O–H groups in total. The Labute approximate surface area is 299 Å². The second kappa shape index (κ2) is 14.4. The van der Waals surface area contributed by atoms with Crippen LogP contribution in [-0.2, 0) is 19.6 Å². The molecule has 0 spiro atoms. The Kier molecular flexibility index (Phi) is 9.61. The van der Waals surface area contributed by atoms with Crippen molar-refractivity contribution in [2.75, 3.05) is 62.3 Å². The zero-order valence-electron chi connectivity index (χ0n) is 29.5. The molecule has 0 bridgehead atoms. The van der Waals surface area contributed by atoms with Crippen molar-refractivity contribution in [3.05, 3.63) is 65.1 Å². The van der Waals surface area contributed by atoms with Crippen LogP contribution in [-0.4, -0.2) is 103 Å². The zero-order chi connectivity index (χ0) is 36.5. The van der Waals surface area contributed by atoms with Crippen LogP contribution in [0.4, 0.5) is 17.6 Å². The quantitative estimate of drug-likeness (QED) is 0.0910. The predicted octanol–water partition coefficient (Wildman–Crippen LogP) is 1.62. The fraction of sp³-hybridized carbons (Fsp3) is 0.400. The number of fused-ring (bicyclic) bond motifs is 3. The average molecular weight is 709 g/mol. The molecule has 4 aromatic heterocycles. The lowest BCUT2D eigenvalue weighted by molar-refractivity contribution is 0.0992. The van der Waals surface area contributed by atoms with Crippen molar-refractivity contribution >= 4 is 57.5 Å². The maximum Gasteiger partial charge on any atom is 0.276 e. The molecule has 7 rings (SSSR count). The highest BCUT2D eigenvalue weighted by molar-refractivity contribution is 6.05. The first kappa shape index (κ1) is 34.6. The molecule has 2 fully saturated rings. The molecule has 1 aromatic carbocycles. The van der Waals surface area contributed by atoms with Gasteiger partial charge in [-0.15, -0.1) is 0 Å². The molecule has 17 heteroatoms. The van der Waals surface area contributed by atoms with E-state index in [4.69, 9.17) is 16.5 Å². The number of amides is 3. The molecule has 3 amide bonds. The summed E-state index contributed by atoms with van der Waals surface area (Å²) in [4.78, 5) is 54.1. The summed E-state index contributed by atoms with van der Waals surface area (Å²) in [5, 5.41) is 17.6. The maximum absolute atomic E-state index is 13.6. The molecule has 2 atom stereocenters. The second-order valence-electron chi connectivity index (χ2n) is 13.3. The van der Waals surface area contributed by atoms with Gasteiger partial charge in [-0.05, 0) is 63.0 Å². The van der Waals surface area contributed by atoms with Crippen molar-refractivity contribution in [1.29, 1.82) is 0 Å². The largest absolute Gasteiger partial charge is 0.382 e. The first-order valence-corrected chi connectivity index (χ1v) is 17.5. The number of carbonyl (C=O) groups excluding carboxylic acids is 3. The van der Waals surface area contributed by atoms with Gasteiger partial charge in [-0.25, -0.2) is 15.0 Å². The van der Waals surface area contributed by atoms with Crippen LogP contribution in [0.5, 0.6) is 0 Å². The molecule has 0 radical (unpaired) electrons. The van der Waals surface area contributed by atoms with Gasteiger partial charge in [0.1, 0.15) is 11.2 Å². The molecule has 0 aliphatic carbocycles. The lowest BCUT2D eigenvalue weighted by Crippen LogP contribution is -2.30. The number of nitrogens with two attached hydrogens (primary N) is 2. The summed E-state index contributed by atoms with van der Waals surface area (Å²) in [5.41, 5.74) is 16.0. The van der Waals surface area contributed by atoms with Gasteiger partial charge >= 0.3 is 0 Å². The molecule has 0 saturated carbocycles. The van der Waals surface area contributed by atoms with E-state index in [2.05, 4.69) is 41.2 Å². The highest BCUT2D eigenvalue weighted by Crippen LogP contribution is 2.31. The third kappa shape index (κ3) is 6.79. The summed E-state index contributed by atoms with van der Waals surface area (Å²) in [6.45, 7) is 10.8. The summed E-state index contributed by atoms with van der Waals surface area (Å²) in [6, 6.07) is 6.75. The minimum absolute atomic E-state index is 0.276. The first-order chi connectivity index (χ1) is 25.1. The van der Waals surface area contributed by atoms with E-state index < -0.39 is 11.8 Å². The SMILES string of the molecule is CCn1nc(C)cc1C(=O)Nc1nc2cc(C(N)=O)cc(NCCN3CC4CNC[C@H]4C3)c2n1C/C=C/Cn1c(NC)nc2cc(C(N)=O)cnc21. The minimum Gasteiger partial charge on any atom is -0.382 e. The van der Waals surface area contributed by atoms with E-state index >= 15 is 0 Å². The van der Waals surface area contributed by atoms with Crippen molar-refractivity contribution in [3.8, 4) is 0 Å². The van der Waals surface area contributed by atoms with Crippen molar-refractivity contribution < 1.29 is 14.4 Å². The normalized spacial score (nSPS) is 17.4. The number of likely N-dealkylation sites (tertiary alicyclic amines) is 1. The van der Waals surface area contributed by atoms with Crippen LogP contribution in [0.1, 0.15) is 43.8 Å². The smallest absolute Gasteiger partial charge is 0.276 e. The van der Waals surface area contributed by atoms with E-state index in [1.54, 1.807) is 36.0 Å². The number of nitrogens with zero attached hydrogens (tertiary/aromatic N) is 8. The Morgan fingerprint density at radius 3 is 2.33 bits per heavy atom. The molecule has 5 aromatic rings. The van der Waals surface area contributed by atoms with E-state index in [9.17, 15) is 14.4 Å². The molecule has 1 unspecified atom stereocenters. The summed E-state index contributed by atoms with van der Waals surface area (Å²) >= 11 is 0. The number of hydrogen-bond donors (Lipinski definition) is 6. The fourth-order valence-corrected chi connectivity index (χ4v) is 7.31. The Bertz CT molecular complexity index is 2190. The number of allylic oxidation sites excluding steroid dienone is 2. The lowest BCUT2D eigenvalue weighted by Gasteiger charge is -2.18. The van der Waals surface area contributed by atoms with E-state index in [0.717, 1.165) is 43.9 Å². The summed E-state index contributed by atoms with van der Waals surface area (Å²) in [7, 11) is 1.76. The molecule has 52 heavy (non-hydrogen) atoms. The van der Waals surface area contributed by atoms with Gasteiger partial charge in [0.05, 0.1) is 28.0 Å². The third-order valence-corrected chi connectivity index (χ3v) is 9.83. The molecular weight excluding hydrogens is 664 g/mol. The number of primary amides is 2. The van der Waals surface area contributed by atoms with Crippen LogP contribution in [0.2, 0.25) is 0 Å². The van der Waals surface area contributed by atoms with Crippen LogP contribution in [0.3, 0.4) is 0 Å². The van der Waals surface area contributed by atoms with Crippen LogP contribution in [0, 0.1) is 18.8 Å². The highest BCUT2D eigenvalue weighted by Gasteiger charge is 2.35. The Hall–Kier alpha value is -5.81. The van der Waals surface area contributed by atoms with Crippen molar-refractivity contribution in [2.24, 2.45) is 23.3 Å². The van der Waals surface area contributed by atoms with Crippen LogP contribution in [0.25, 0.3) is 22.2 Å². The predicted molar refractivity (Wildman–Crippen MR) is 198 cm³/mol. The number of rotatable bonds is 14. The lowest BCUT2D eigenvalue weighted by atomic mass is 10.0. The number of carbonyl (C=O) groups is 3. The molecular formula is C35H44N14O3. The van der Waals surface area contributed by atoms with E-state index in [-0.39, 0.29) is 11.5 Å². The Morgan fingerprint density at radius 1 is 0.942 bits per heavy atom. The second-order valence-corrected chi connectivity index (χ2v) is 13.3. The standard InChI is InChI=1S/C35H44N14O3/c1-4-49-28(11-20(2)45-49)33(52)44-35-42-26-13-21(30(36)50)12-25(40-7-10-46-18-23-15-39-16-24(23)19-46)29(26)47(35)8-5-6-9-48-32-27(43-34(48)38-3)14-22(17-41-32)31(37)51/h5-6,11-14,17,23-24,39-40H,4,7-10,15-16,18-19H2,1-3H3,(H2,36,50)(H2,37,51)(H,38,43)(H,42,44,52)/b6-5+/t23-,24?/m0/s1. The molecule has 272 valence electrons. The number of hydrogen-bond acceptors (Lipinski definition) is 11. The van der Waals surface area contributed by atoms with Gasteiger partial charge in [-0.1, -0.05) is 12.2 Å². The van der Waals surface area contributed by atoms with Gasteiger partial charge in [0, 0.05) is 64.6 Å². The van der Waals surface area contributed by atoms with E-state index in [0.29, 0.717) is 83.5 Å². The molecule has 6 heterocycles.